The van der Waals surface area contributed by atoms with Crippen molar-refractivity contribution in [3.05, 3.63) is 0 Å². The third kappa shape index (κ3) is 3.93. The number of rotatable bonds is 6. The lowest BCUT2D eigenvalue weighted by Crippen LogP contribution is -2.46. The van der Waals surface area contributed by atoms with E-state index in [9.17, 15) is 14.7 Å². The third-order valence-electron chi connectivity index (χ3n) is 5.32. The van der Waals surface area contributed by atoms with E-state index >= 15 is 0 Å². The number of thioether (sulfide) groups is 1. The minimum Gasteiger partial charge on any atom is -0.481 e. The fraction of sp³-hybridized carbons (Fsp3) is 0.875. The van der Waals surface area contributed by atoms with Gasteiger partial charge in [-0.25, -0.2) is 0 Å². The molecular formula is C16H27NO3S. The first-order valence-electron chi connectivity index (χ1n) is 8.07. The standard InChI is InChI=1S/C16H27NO3S/c1-21-16(9-6-10-16)12-17-13(18)11-15(14(19)20)7-4-2-3-5-8-15/h2-12H2,1H3,(H,17,18)(H,19,20). The Morgan fingerprint density at radius 2 is 1.67 bits per heavy atom. The van der Waals surface area contributed by atoms with Gasteiger partial charge in [0.1, 0.15) is 0 Å². The van der Waals surface area contributed by atoms with Crippen LogP contribution in [0.15, 0.2) is 0 Å². The zero-order valence-corrected chi connectivity index (χ0v) is 13.8. The number of nitrogens with one attached hydrogen (secondary N) is 1. The summed E-state index contributed by atoms with van der Waals surface area (Å²) in [4.78, 5) is 24.0. The molecule has 0 aromatic rings. The van der Waals surface area contributed by atoms with E-state index in [1.54, 1.807) is 0 Å². The van der Waals surface area contributed by atoms with Crippen LogP contribution < -0.4 is 5.32 Å². The summed E-state index contributed by atoms with van der Waals surface area (Å²) in [7, 11) is 0. The van der Waals surface area contributed by atoms with Crippen LogP contribution in [0.5, 0.6) is 0 Å². The fourth-order valence-corrected chi connectivity index (χ4v) is 4.44. The van der Waals surface area contributed by atoms with Gasteiger partial charge < -0.3 is 10.4 Å². The zero-order valence-electron chi connectivity index (χ0n) is 13.0. The molecule has 0 atom stereocenters. The lowest BCUT2D eigenvalue weighted by molar-refractivity contribution is -0.152. The molecule has 0 unspecified atom stereocenters. The molecule has 2 saturated carbocycles. The molecule has 21 heavy (non-hydrogen) atoms. The van der Waals surface area contributed by atoms with Crippen molar-refractivity contribution in [3.63, 3.8) is 0 Å². The highest BCUT2D eigenvalue weighted by Crippen LogP contribution is 2.42. The van der Waals surface area contributed by atoms with Crippen LogP contribution >= 0.6 is 11.8 Å². The summed E-state index contributed by atoms with van der Waals surface area (Å²) in [5.74, 6) is -0.873. The Morgan fingerprint density at radius 1 is 1.05 bits per heavy atom. The van der Waals surface area contributed by atoms with E-state index in [2.05, 4.69) is 11.6 Å². The summed E-state index contributed by atoms with van der Waals surface area (Å²) >= 11 is 1.82. The third-order valence-corrected chi connectivity index (χ3v) is 6.74. The Morgan fingerprint density at radius 3 is 2.10 bits per heavy atom. The van der Waals surface area contributed by atoms with Crippen molar-refractivity contribution < 1.29 is 14.7 Å². The highest BCUT2D eigenvalue weighted by atomic mass is 32.2. The highest BCUT2D eigenvalue weighted by molar-refractivity contribution is 8.00. The number of hydrogen-bond donors (Lipinski definition) is 2. The molecule has 1 amide bonds. The van der Waals surface area contributed by atoms with Crippen molar-refractivity contribution in [1.82, 2.24) is 5.32 Å². The predicted molar refractivity (Wildman–Crippen MR) is 85.5 cm³/mol. The van der Waals surface area contributed by atoms with Gasteiger partial charge in [-0.1, -0.05) is 32.1 Å². The summed E-state index contributed by atoms with van der Waals surface area (Å²) in [6.07, 6.45) is 11.1. The van der Waals surface area contributed by atoms with E-state index in [1.165, 1.54) is 6.42 Å². The van der Waals surface area contributed by atoms with Crippen LogP contribution in [-0.4, -0.2) is 34.5 Å². The van der Waals surface area contributed by atoms with Crippen molar-refractivity contribution in [3.8, 4) is 0 Å². The quantitative estimate of drug-likeness (QED) is 0.739. The summed E-state index contributed by atoms with van der Waals surface area (Å²) in [6, 6.07) is 0. The molecule has 0 radical (unpaired) electrons. The van der Waals surface area contributed by atoms with E-state index in [-0.39, 0.29) is 17.1 Å². The SMILES string of the molecule is CSC1(CNC(=O)CC2(C(=O)O)CCCCCC2)CCC1. The van der Waals surface area contributed by atoms with Gasteiger partial charge in [0, 0.05) is 17.7 Å². The van der Waals surface area contributed by atoms with E-state index < -0.39 is 11.4 Å². The molecule has 4 nitrogen and oxygen atoms in total. The molecular weight excluding hydrogens is 286 g/mol. The molecule has 2 fully saturated rings. The van der Waals surface area contributed by atoms with E-state index in [4.69, 9.17) is 0 Å². The minimum atomic E-state index is -0.827. The number of carboxylic acid groups (broad SMARTS) is 1. The largest absolute Gasteiger partial charge is 0.481 e. The van der Waals surface area contributed by atoms with Gasteiger partial charge in [-0.05, 0) is 31.9 Å². The summed E-state index contributed by atoms with van der Waals surface area (Å²) in [6.45, 7) is 0.683. The van der Waals surface area contributed by atoms with E-state index in [0.717, 1.165) is 38.5 Å². The highest BCUT2D eigenvalue weighted by Gasteiger charge is 2.41. The van der Waals surface area contributed by atoms with Crippen LogP contribution in [0.4, 0.5) is 0 Å². The van der Waals surface area contributed by atoms with Gasteiger partial charge in [-0.15, -0.1) is 0 Å². The number of carbonyl (C=O) groups excluding carboxylic acids is 1. The normalized spacial score (nSPS) is 23.7. The summed E-state index contributed by atoms with van der Waals surface area (Å²) in [5.41, 5.74) is -0.827. The molecule has 5 heteroatoms. The first-order chi connectivity index (χ1) is 10.0. The number of aliphatic carboxylic acids is 1. The Labute approximate surface area is 131 Å². The van der Waals surface area contributed by atoms with Gasteiger partial charge >= 0.3 is 5.97 Å². The Hall–Kier alpha value is -0.710. The maximum absolute atomic E-state index is 12.3. The van der Waals surface area contributed by atoms with E-state index in [0.29, 0.717) is 19.4 Å². The number of carboxylic acids is 1. The van der Waals surface area contributed by atoms with Crippen LogP contribution in [0.25, 0.3) is 0 Å². The Kier molecular flexibility index (Phi) is 5.58. The van der Waals surface area contributed by atoms with Crippen molar-refractivity contribution in [1.29, 1.82) is 0 Å². The minimum absolute atomic E-state index is 0.0837. The van der Waals surface area contributed by atoms with Crippen LogP contribution in [-0.2, 0) is 9.59 Å². The van der Waals surface area contributed by atoms with Crippen molar-refractivity contribution in [2.24, 2.45) is 5.41 Å². The molecule has 0 aromatic carbocycles. The molecule has 2 aliphatic carbocycles. The molecule has 0 spiro atoms. The van der Waals surface area contributed by atoms with Gasteiger partial charge in [0.25, 0.3) is 0 Å². The number of hydrogen-bond acceptors (Lipinski definition) is 3. The lowest BCUT2D eigenvalue weighted by atomic mass is 9.77. The first-order valence-corrected chi connectivity index (χ1v) is 9.30. The average molecular weight is 313 g/mol. The van der Waals surface area contributed by atoms with Gasteiger partial charge in [0.2, 0.25) is 5.91 Å². The fourth-order valence-electron chi connectivity index (χ4n) is 3.53. The second-order valence-corrected chi connectivity index (χ2v) is 7.97. The summed E-state index contributed by atoms with van der Waals surface area (Å²) < 4.78 is 0.204. The van der Waals surface area contributed by atoms with E-state index in [1.807, 2.05) is 11.8 Å². The molecule has 2 aliphatic rings. The Balaban J connectivity index is 1.90. The molecule has 2 N–H and O–H groups in total. The second-order valence-electron chi connectivity index (χ2n) is 6.69. The lowest BCUT2D eigenvalue weighted by Gasteiger charge is -2.40. The molecule has 120 valence electrons. The molecule has 0 saturated heterocycles. The van der Waals surface area contributed by atoms with Crippen LogP contribution in [0.1, 0.15) is 64.2 Å². The van der Waals surface area contributed by atoms with Gasteiger partial charge in [0.05, 0.1) is 5.41 Å². The van der Waals surface area contributed by atoms with Gasteiger partial charge in [-0.2, -0.15) is 11.8 Å². The molecule has 2 rings (SSSR count). The Bertz CT molecular complexity index is 379. The van der Waals surface area contributed by atoms with Crippen LogP contribution in [0.2, 0.25) is 0 Å². The van der Waals surface area contributed by atoms with Crippen LogP contribution in [0.3, 0.4) is 0 Å². The zero-order chi connectivity index (χ0) is 15.3. The van der Waals surface area contributed by atoms with Crippen molar-refractivity contribution >= 4 is 23.6 Å². The topological polar surface area (TPSA) is 66.4 Å². The molecule has 0 heterocycles. The van der Waals surface area contributed by atoms with Crippen LogP contribution in [0, 0.1) is 5.41 Å². The summed E-state index contributed by atoms with van der Waals surface area (Å²) in [5, 5.41) is 12.6. The molecule has 0 aromatic heterocycles. The monoisotopic (exact) mass is 313 g/mol. The predicted octanol–water partition coefficient (Wildman–Crippen LogP) is 3.20. The second kappa shape index (κ2) is 7.03. The molecule has 0 aliphatic heterocycles. The maximum atomic E-state index is 12.3. The van der Waals surface area contributed by atoms with Gasteiger partial charge in [0.15, 0.2) is 0 Å². The van der Waals surface area contributed by atoms with Gasteiger partial charge in [-0.3, -0.25) is 9.59 Å². The number of carbonyl (C=O) groups is 2. The number of amides is 1. The molecule has 0 bridgehead atoms. The van der Waals surface area contributed by atoms with Crippen molar-refractivity contribution in [2.45, 2.75) is 69.0 Å². The van der Waals surface area contributed by atoms with Crippen molar-refractivity contribution in [2.75, 3.05) is 12.8 Å². The first kappa shape index (κ1) is 16.7. The maximum Gasteiger partial charge on any atom is 0.310 e. The smallest absolute Gasteiger partial charge is 0.310 e. The average Bonchev–Trinajstić information content (AvgIpc) is 2.64.